The second-order valence-corrected chi connectivity index (χ2v) is 4.96. The molecule has 0 radical (unpaired) electrons. The number of pyridine rings is 2. The molecule has 1 aromatic carbocycles. The number of benzene rings is 1. The van der Waals surface area contributed by atoms with Crippen LogP contribution in [-0.4, -0.2) is 15.9 Å². The summed E-state index contributed by atoms with van der Waals surface area (Å²) in [6, 6.07) is 15.0. The Morgan fingerprint density at radius 3 is 2.45 bits per heavy atom. The van der Waals surface area contributed by atoms with Gasteiger partial charge in [0.2, 0.25) is 0 Å². The van der Waals surface area contributed by atoms with Crippen molar-refractivity contribution in [2.24, 2.45) is 0 Å². The number of nitrogens with one attached hydrogen (secondary N) is 2. The molecule has 3 heterocycles. The standard InChI is InChI=1S/C17H12N4O/c22-17-12-7-8-13(11-4-3-9-18-10-11)19-16(12)20-14-5-1-2-6-15(14)21-17/h1-10H,(H,19,20)(H,21,22). The lowest BCUT2D eigenvalue weighted by atomic mass is 10.1. The number of hydrogen-bond donors (Lipinski definition) is 2. The summed E-state index contributed by atoms with van der Waals surface area (Å²) in [5.74, 6) is 0.376. The van der Waals surface area contributed by atoms with Crippen LogP contribution >= 0.6 is 0 Å². The average Bonchev–Trinajstić information content (AvgIpc) is 2.71. The molecule has 2 N–H and O–H groups in total. The lowest BCUT2D eigenvalue weighted by Gasteiger charge is -2.09. The minimum Gasteiger partial charge on any atom is -0.338 e. The molecule has 0 bridgehead atoms. The van der Waals surface area contributed by atoms with E-state index in [0.717, 1.165) is 22.6 Å². The van der Waals surface area contributed by atoms with Crippen LogP contribution in [0.15, 0.2) is 60.9 Å². The van der Waals surface area contributed by atoms with E-state index in [1.54, 1.807) is 18.5 Å². The molecule has 0 unspecified atom stereocenters. The first-order chi connectivity index (χ1) is 10.8. The van der Waals surface area contributed by atoms with E-state index in [1.807, 2.05) is 42.5 Å². The highest BCUT2D eigenvalue weighted by molar-refractivity contribution is 6.11. The smallest absolute Gasteiger partial charge is 0.259 e. The third kappa shape index (κ3) is 2.09. The van der Waals surface area contributed by atoms with Crippen LogP contribution in [0.25, 0.3) is 11.3 Å². The molecule has 0 saturated carbocycles. The van der Waals surface area contributed by atoms with Crippen molar-refractivity contribution in [2.75, 3.05) is 10.6 Å². The molecule has 2 aromatic heterocycles. The number of carbonyl (C=O) groups excluding carboxylic acids is 1. The fraction of sp³-hybridized carbons (Fsp3) is 0. The van der Waals surface area contributed by atoms with Gasteiger partial charge in [0.15, 0.2) is 0 Å². The van der Waals surface area contributed by atoms with Gasteiger partial charge in [-0.2, -0.15) is 0 Å². The highest BCUT2D eigenvalue weighted by atomic mass is 16.1. The van der Waals surface area contributed by atoms with Crippen LogP contribution in [0.1, 0.15) is 10.4 Å². The molecule has 106 valence electrons. The number of nitrogens with zero attached hydrogens (tertiary/aromatic N) is 2. The number of rotatable bonds is 1. The van der Waals surface area contributed by atoms with E-state index in [2.05, 4.69) is 20.6 Å². The van der Waals surface area contributed by atoms with Gasteiger partial charge in [-0.15, -0.1) is 0 Å². The Morgan fingerprint density at radius 2 is 1.68 bits per heavy atom. The van der Waals surface area contributed by atoms with Crippen LogP contribution in [0.3, 0.4) is 0 Å². The number of carbonyl (C=O) groups is 1. The van der Waals surface area contributed by atoms with Gasteiger partial charge in [0.05, 0.1) is 22.6 Å². The largest absolute Gasteiger partial charge is 0.338 e. The summed E-state index contributed by atoms with van der Waals surface area (Å²) in [6.45, 7) is 0. The molecule has 4 rings (SSSR count). The van der Waals surface area contributed by atoms with Gasteiger partial charge in [-0.05, 0) is 36.4 Å². The zero-order valence-electron chi connectivity index (χ0n) is 11.6. The maximum absolute atomic E-state index is 12.3. The van der Waals surface area contributed by atoms with Crippen LogP contribution in [-0.2, 0) is 0 Å². The predicted molar refractivity (Wildman–Crippen MR) is 85.1 cm³/mol. The van der Waals surface area contributed by atoms with E-state index < -0.39 is 0 Å². The summed E-state index contributed by atoms with van der Waals surface area (Å²) in [4.78, 5) is 21.0. The van der Waals surface area contributed by atoms with Gasteiger partial charge in [-0.3, -0.25) is 9.78 Å². The Kier molecular flexibility index (Phi) is 2.83. The van der Waals surface area contributed by atoms with Gasteiger partial charge in [-0.25, -0.2) is 4.98 Å². The average molecular weight is 288 g/mol. The van der Waals surface area contributed by atoms with Crippen molar-refractivity contribution in [1.29, 1.82) is 0 Å². The van der Waals surface area contributed by atoms with Crippen molar-refractivity contribution in [3.05, 3.63) is 66.5 Å². The summed E-state index contributed by atoms with van der Waals surface area (Å²) in [5, 5.41) is 6.11. The molecule has 1 amide bonds. The third-order valence-electron chi connectivity index (χ3n) is 3.53. The molecule has 0 atom stereocenters. The molecule has 0 aliphatic carbocycles. The summed E-state index contributed by atoms with van der Waals surface area (Å²) < 4.78 is 0. The van der Waals surface area contributed by atoms with E-state index in [-0.39, 0.29) is 5.91 Å². The second-order valence-electron chi connectivity index (χ2n) is 4.96. The summed E-state index contributed by atoms with van der Waals surface area (Å²) in [6.07, 6.45) is 3.47. The van der Waals surface area contributed by atoms with Gasteiger partial charge in [-0.1, -0.05) is 12.1 Å². The third-order valence-corrected chi connectivity index (χ3v) is 3.53. The first-order valence-electron chi connectivity index (χ1n) is 6.90. The van der Waals surface area contributed by atoms with Crippen LogP contribution < -0.4 is 10.6 Å². The second kappa shape index (κ2) is 4.96. The van der Waals surface area contributed by atoms with Gasteiger partial charge in [0.1, 0.15) is 5.82 Å². The molecule has 22 heavy (non-hydrogen) atoms. The van der Waals surface area contributed by atoms with E-state index in [1.165, 1.54) is 0 Å². The maximum atomic E-state index is 12.3. The fourth-order valence-corrected chi connectivity index (χ4v) is 2.43. The normalized spacial score (nSPS) is 12.5. The number of anilines is 3. The number of hydrogen-bond acceptors (Lipinski definition) is 4. The SMILES string of the molecule is O=C1Nc2ccccc2Nc2nc(-c3cccnc3)ccc21. The summed E-state index contributed by atoms with van der Waals surface area (Å²) in [7, 11) is 0. The minimum atomic E-state index is -0.169. The first kappa shape index (κ1) is 12.5. The van der Waals surface area contributed by atoms with E-state index in [4.69, 9.17) is 0 Å². The molecule has 0 spiro atoms. The van der Waals surface area contributed by atoms with Gasteiger partial charge in [0.25, 0.3) is 5.91 Å². The zero-order chi connectivity index (χ0) is 14.9. The number of aromatic nitrogens is 2. The molecule has 0 saturated heterocycles. The number of para-hydroxylation sites is 2. The molecule has 0 fully saturated rings. The van der Waals surface area contributed by atoms with Gasteiger partial charge < -0.3 is 10.6 Å². The van der Waals surface area contributed by atoms with Crippen molar-refractivity contribution < 1.29 is 4.79 Å². The maximum Gasteiger partial charge on any atom is 0.259 e. The van der Waals surface area contributed by atoms with Crippen molar-refractivity contribution in [3.8, 4) is 11.3 Å². The monoisotopic (exact) mass is 288 g/mol. The summed E-state index contributed by atoms with van der Waals surface area (Å²) in [5.41, 5.74) is 3.76. The molecule has 5 heteroatoms. The van der Waals surface area contributed by atoms with Crippen molar-refractivity contribution in [2.45, 2.75) is 0 Å². The molecular formula is C17H12N4O. The van der Waals surface area contributed by atoms with E-state index in [0.29, 0.717) is 11.4 Å². The molecule has 1 aliphatic heterocycles. The number of fused-ring (bicyclic) bond motifs is 2. The van der Waals surface area contributed by atoms with Crippen LogP contribution in [0.4, 0.5) is 17.2 Å². The highest BCUT2D eigenvalue weighted by Crippen LogP contribution is 2.31. The van der Waals surface area contributed by atoms with Crippen molar-refractivity contribution in [1.82, 2.24) is 9.97 Å². The van der Waals surface area contributed by atoms with E-state index in [9.17, 15) is 4.79 Å². The Bertz CT molecular complexity index is 862. The molecular weight excluding hydrogens is 276 g/mol. The van der Waals surface area contributed by atoms with Gasteiger partial charge >= 0.3 is 0 Å². The Hall–Kier alpha value is -3.21. The first-order valence-corrected chi connectivity index (χ1v) is 6.90. The molecule has 3 aromatic rings. The van der Waals surface area contributed by atoms with Crippen molar-refractivity contribution >= 4 is 23.1 Å². The van der Waals surface area contributed by atoms with E-state index >= 15 is 0 Å². The Morgan fingerprint density at radius 1 is 0.864 bits per heavy atom. The van der Waals surface area contributed by atoms with Crippen LogP contribution in [0.2, 0.25) is 0 Å². The van der Waals surface area contributed by atoms with Crippen molar-refractivity contribution in [3.63, 3.8) is 0 Å². The zero-order valence-corrected chi connectivity index (χ0v) is 11.6. The quantitative estimate of drug-likeness (QED) is 0.719. The van der Waals surface area contributed by atoms with Crippen LogP contribution in [0, 0.1) is 0 Å². The predicted octanol–water partition coefficient (Wildman–Crippen LogP) is 3.45. The van der Waals surface area contributed by atoms with Crippen LogP contribution in [0.5, 0.6) is 0 Å². The van der Waals surface area contributed by atoms with Gasteiger partial charge in [0, 0.05) is 18.0 Å². The topological polar surface area (TPSA) is 66.9 Å². The molecule has 1 aliphatic rings. The molecule has 5 nitrogen and oxygen atoms in total. The highest BCUT2D eigenvalue weighted by Gasteiger charge is 2.20. The fourth-order valence-electron chi connectivity index (χ4n) is 2.43. The Balaban J connectivity index is 1.84. The summed E-state index contributed by atoms with van der Waals surface area (Å²) >= 11 is 0. The lowest BCUT2D eigenvalue weighted by Crippen LogP contribution is -2.11. The Labute approximate surface area is 127 Å². The minimum absolute atomic E-state index is 0.169. The number of amides is 1. The lowest BCUT2D eigenvalue weighted by molar-refractivity contribution is 0.102.